The fraction of sp³-hybridized carbons (Fsp3) is 0.550. The van der Waals surface area contributed by atoms with Crippen LogP contribution in [0.2, 0.25) is 0 Å². The van der Waals surface area contributed by atoms with Gasteiger partial charge in [0.25, 0.3) is 0 Å². The van der Waals surface area contributed by atoms with Gasteiger partial charge in [0, 0.05) is 22.0 Å². The number of hydrogen-bond acceptors (Lipinski definition) is 2. The second-order valence-corrected chi connectivity index (χ2v) is 8.74. The van der Waals surface area contributed by atoms with Gasteiger partial charge in [0.2, 0.25) is 0 Å². The van der Waals surface area contributed by atoms with Crippen LogP contribution in [0.1, 0.15) is 58.2 Å². The number of benzene rings is 1. The van der Waals surface area contributed by atoms with Crippen LogP contribution in [0.25, 0.3) is 10.9 Å². The highest BCUT2D eigenvalue weighted by Gasteiger charge is 2.21. The SMILES string of the molecule is CC(Br)C(=O)OCCCCCc1c(C(C)(C)C)[nH]c2ccccc12. The first-order valence-corrected chi connectivity index (χ1v) is 9.63. The van der Waals surface area contributed by atoms with Crippen LogP contribution in [-0.2, 0) is 21.4 Å². The topological polar surface area (TPSA) is 42.1 Å². The zero-order chi connectivity index (χ0) is 17.7. The van der Waals surface area contributed by atoms with Gasteiger partial charge in [-0.15, -0.1) is 0 Å². The lowest BCUT2D eigenvalue weighted by atomic mass is 9.87. The number of esters is 1. The van der Waals surface area contributed by atoms with E-state index in [1.165, 1.54) is 22.2 Å². The summed E-state index contributed by atoms with van der Waals surface area (Å²) in [6, 6.07) is 8.53. The molecule has 0 bridgehead atoms. The van der Waals surface area contributed by atoms with Crippen LogP contribution in [0.3, 0.4) is 0 Å². The highest BCUT2D eigenvalue weighted by atomic mass is 79.9. The number of ether oxygens (including phenoxy) is 1. The van der Waals surface area contributed by atoms with Crippen LogP contribution < -0.4 is 0 Å². The molecule has 0 saturated heterocycles. The Balaban J connectivity index is 1.94. The number of aromatic amines is 1. The van der Waals surface area contributed by atoms with Gasteiger partial charge in [0.1, 0.15) is 4.83 Å². The second-order valence-electron chi connectivity index (χ2n) is 7.37. The van der Waals surface area contributed by atoms with Gasteiger partial charge in [-0.3, -0.25) is 4.79 Å². The summed E-state index contributed by atoms with van der Waals surface area (Å²) in [4.78, 5) is 14.8. The molecule has 0 spiro atoms. The molecule has 0 aliphatic carbocycles. The number of nitrogens with one attached hydrogen (secondary N) is 1. The molecule has 0 radical (unpaired) electrons. The smallest absolute Gasteiger partial charge is 0.319 e. The van der Waals surface area contributed by atoms with Gasteiger partial charge in [-0.2, -0.15) is 0 Å². The Hall–Kier alpha value is -1.29. The van der Waals surface area contributed by atoms with Crippen molar-refractivity contribution in [3.63, 3.8) is 0 Å². The number of aromatic nitrogens is 1. The third kappa shape index (κ3) is 4.85. The van der Waals surface area contributed by atoms with Gasteiger partial charge in [-0.05, 0) is 44.2 Å². The summed E-state index contributed by atoms with van der Waals surface area (Å²) in [7, 11) is 0. The first kappa shape index (κ1) is 19.0. The standard InChI is InChI=1S/C20H28BrNO2/c1-14(21)19(23)24-13-9-5-6-11-16-15-10-7-8-12-17(15)22-18(16)20(2,3)4/h7-8,10,12,14,22H,5-6,9,11,13H2,1-4H3. The Bertz CT molecular complexity index is 682. The van der Waals surface area contributed by atoms with E-state index in [4.69, 9.17) is 4.74 Å². The molecule has 1 unspecified atom stereocenters. The van der Waals surface area contributed by atoms with Crippen molar-refractivity contribution < 1.29 is 9.53 Å². The number of para-hydroxylation sites is 1. The number of aryl methyl sites for hydroxylation is 1. The van der Waals surface area contributed by atoms with Gasteiger partial charge in [-0.1, -0.05) is 54.9 Å². The van der Waals surface area contributed by atoms with E-state index in [-0.39, 0.29) is 16.2 Å². The minimum absolute atomic E-state index is 0.107. The van der Waals surface area contributed by atoms with E-state index in [0.717, 1.165) is 25.7 Å². The van der Waals surface area contributed by atoms with Crippen molar-refractivity contribution in [2.24, 2.45) is 0 Å². The Morgan fingerprint density at radius 1 is 1.21 bits per heavy atom. The Kier molecular flexibility index (Phi) is 6.50. The first-order chi connectivity index (χ1) is 11.3. The summed E-state index contributed by atoms with van der Waals surface area (Å²) in [6.45, 7) is 9.05. The number of unbranched alkanes of at least 4 members (excludes halogenated alkanes) is 2. The largest absolute Gasteiger partial charge is 0.465 e. The van der Waals surface area contributed by atoms with Crippen LogP contribution in [-0.4, -0.2) is 22.4 Å². The number of carbonyl (C=O) groups is 1. The van der Waals surface area contributed by atoms with Crippen molar-refractivity contribution in [3.8, 4) is 0 Å². The monoisotopic (exact) mass is 393 g/mol. The molecule has 1 N–H and O–H groups in total. The first-order valence-electron chi connectivity index (χ1n) is 8.71. The number of alkyl halides is 1. The van der Waals surface area contributed by atoms with E-state index < -0.39 is 0 Å². The minimum Gasteiger partial charge on any atom is -0.465 e. The lowest BCUT2D eigenvalue weighted by Crippen LogP contribution is -2.15. The zero-order valence-electron chi connectivity index (χ0n) is 15.1. The van der Waals surface area contributed by atoms with Crippen LogP contribution in [0, 0.1) is 0 Å². The van der Waals surface area contributed by atoms with E-state index in [1.807, 2.05) is 0 Å². The molecule has 0 saturated carbocycles. The third-order valence-electron chi connectivity index (χ3n) is 4.20. The number of hydrogen-bond donors (Lipinski definition) is 1. The molecular formula is C20H28BrNO2. The fourth-order valence-electron chi connectivity index (χ4n) is 2.97. The van der Waals surface area contributed by atoms with Crippen molar-refractivity contribution >= 4 is 32.8 Å². The predicted molar refractivity (Wildman–Crippen MR) is 104 cm³/mol. The molecule has 0 amide bonds. The molecule has 3 nitrogen and oxygen atoms in total. The van der Waals surface area contributed by atoms with Crippen molar-refractivity contribution in [1.29, 1.82) is 0 Å². The van der Waals surface area contributed by atoms with E-state index >= 15 is 0 Å². The number of rotatable bonds is 7. The molecule has 1 aromatic heterocycles. The molecule has 1 heterocycles. The molecule has 1 aromatic carbocycles. The zero-order valence-corrected chi connectivity index (χ0v) is 16.7. The van der Waals surface area contributed by atoms with Crippen molar-refractivity contribution in [2.45, 2.75) is 63.6 Å². The molecule has 2 rings (SSSR count). The number of halogens is 1. The molecule has 2 aromatic rings. The Morgan fingerprint density at radius 2 is 1.92 bits per heavy atom. The van der Waals surface area contributed by atoms with Crippen molar-refractivity contribution in [2.75, 3.05) is 6.61 Å². The van der Waals surface area contributed by atoms with Gasteiger partial charge >= 0.3 is 5.97 Å². The molecule has 0 aliphatic heterocycles. The average Bonchev–Trinajstić information content (AvgIpc) is 2.89. The van der Waals surface area contributed by atoms with E-state index in [2.05, 4.69) is 66.0 Å². The molecule has 24 heavy (non-hydrogen) atoms. The number of fused-ring (bicyclic) bond motifs is 1. The van der Waals surface area contributed by atoms with Crippen molar-refractivity contribution in [3.05, 3.63) is 35.5 Å². The van der Waals surface area contributed by atoms with Gasteiger partial charge in [-0.25, -0.2) is 0 Å². The molecule has 4 heteroatoms. The lowest BCUT2D eigenvalue weighted by molar-refractivity contribution is -0.142. The predicted octanol–water partition coefficient (Wildman–Crippen LogP) is 5.50. The summed E-state index contributed by atoms with van der Waals surface area (Å²) in [5.74, 6) is -0.179. The summed E-state index contributed by atoms with van der Waals surface area (Å²) < 4.78 is 5.20. The summed E-state index contributed by atoms with van der Waals surface area (Å²) in [5.41, 5.74) is 4.10. The van der Waals surface area contributed by atoms with Crippen molar-refractivity contribution in [1.82, 2.24) is 4.98 Å². The van der Waals surface area contributed by atoms with E-state index in [0.29, 0.717) is 6.61 Å². The molecule has 0 fully saturated rings. The Morgan fingerprint density at radius 3 is 2.58 bits per heavy atom. The highest BCUT2D eigenvalue weighted by Crippen LogP contribution is 2.32. The third-order valence-corrected chi connectivity index (χ3v) is 4.58. The molecular weight excluding hydrogens is 366 g/mol. The van der Waals surface area contributed by atoms with Crippen LogP contribution in [0.5, 0.6) is 0 Å². The maximum Gasteiger partial charge on any atom is 0.319 e. The molecule has 0 aliphatic rings. The van der Waals surface area contributed by atoms with E-state index in [1.54, 1.807) is 6.92 Å². The minimum atomic E-state index is -0.224. The second kappa shape index (κ2) is 8.19. The fourth-order valence-corrected chi connectivity index (χ4v) is 3.10. The number of H-pyrrole nitrogens is 1. The van der Waals surface area contributed by atoms with Gasteiger partial charge < -0.3 is 9.72 Å². The average molecular weight is 394 g/mol. The summed E-state index contributed by atoms with van der Waals surface area (Å²) >= 11 is 3.22. The Labute approximate surface area is 153 Å². The highest BCUT2D eigenvalue weighted by molar-refractivity contribution is 9.10. The molecule has 132 valence electrons. The maximum absolute atomic E-state index is 11.4. The van der Waals surface area contributed by atoms with Gasteiger partial charge in [0.15, 0.2) is 0 Å². The van der Waals surface area contributed by atoms with Crippen LogP contribution >= 0.6 is 15.9 Å². The lowest BCUT2D eigenvalue weighted by Gasteiger charge is -2.19. The van der Waals surface area contributed by atoms with Gasteiger partial charge in [0.05, 0.1) is 6.61 Å². The maximum atomic E-state index is 11.4. The van der Waals surface area contributed by atoms with Crippen LogP contribution in [0.15, 0.2) is 24.3 Å². The quantitative estimate of drug-likeness (QED) is 0.383. The summed E-state index contributed by atoms with van der Waals surface area (Å²) in [6.07, 6.45) is 4.14. The number of carbonyl (C=O) groups excluding carboxylic acids is 1. The molecule has 1 atom stereocenters. The van der Waals surface area contributed by atoms with E-state index in [9.17, 15) is 4.79 Å². The normalized spacial score (nSPS) is 13.2. The summed E-state index contributed by atoms with van der Waals surface area (Å²) in [5, 5.41) is 1.34. The van der Waals surface area contributed by atoms with Crippen LogP contribution in [0.4, 0.5) is 0 Å².